The molecule has 0 aliphatic heterocycles. The van der Waals surface area contributed by atoms with Gasteiger partial charge in [0.2, 0.25) is 0 Å². The van der Waals surface area contributed by atoms with Crippen LogP contribution in [-0.4, -0.2) is 23.8 Å². The summed E-state index contributed by atoms with van der Waals surface area (Å²) in [6.07, 6.45) is -0.579. The van der Waals surface area contributed by atoms with E-state index in [1.165, 1.54) is 0 Å². The number of hydrogen-bond donors (Lipinski definition) is 3. The normalized spacial score (nSPS) is 12.9. The predicted molar refractivity (Wildman–Crippen MR) is 81.4 cm³/mol. The Hall–Kier alpha value is -1.07. The number of hydrogen-bond acceptors (Lipinski definition) is 2. The van der Waals surface area contributed by atoms with E-state index in [4.69, 9.17) is 0 Å². The zero-order chi connectivity index (χ0) is 14.6. The zero-order valence-electron chi connectivity index (χ0n) is 11.7. The second kappa shape index (κ2) is 6.39. The van der Waals surface area contributed by atoms with Gasteiger partial charge < -0.3 is 15.7 Å². The van der Waals surface area contributed by atoms with Gasteiger partial charge in [0.25, 0.3) is 0 Å². The standard InChI is InChI=1S/C14H21BrN2O2/c1-9-7-10(15)5-6-11(9)17-13(19)16-8-12(18)14(2,3)4/h5-7,12,18H,8H2,1-4H3,(H2,16,17,19). The van der Waals surface area contributed by atoms with Gasteiger partial charge in [-0.1, -0.05) is 36.7 Å². The SMILES string of the molecule is Cc1cc(Br)ccc1NC(=O)NCC(O)C(C)(C)C. The Morgan fingerprint density at radius 3 is 2.58 bits per heavy atom. The molecule has 5 heteroatoms. The van der Waals surface area contributed by atoms with Crippen LogP contribution in [0.15, 0.2) is 22.7 Å². The number of rotatable bonds is 3. The van der Waals surface area contributed by atoms with Crippen LogP contribution in [0.5, 0.6) is 0 Å². The van der Waals surface area contributed by atoms with Gasteiger partial charge in [-0.25, -0.2) is 4.79 Å². The molecule has 0 radical (unpaired) electrons. The highest BCUT2D eigenvalue weighted by atomic mass is 79.9. The summed E-state index contributed by atoms with van der Waals surface area (Å²) in [6.45, 7) is 7.93. The molecule has 0 aromatic heterocycles. The maximum atomic E-state index is 11.7. The maximum absolute atomic E-state index is 11.7. The zero-order valence-corrected chi connectivity index (χ0v) is 13.3. The molecule has 0 spiro atoms. The van der Waals surface area contributed by atoms with Crippen molar-refractivity contribution in [3.63, 3.8) is 0 Å². The van der Waals surface area contributed by atoms with Gasteiger partial charge in [-0.3, -0.25) is 0 Å². The number of carbonyl (C=O) groups is 1. The molecule has 0 bridgehead atoms. The molecular formula is C14H21BrN2O2. The van der Waals surface area contributed by atoms with Crippen molar-refractivity contribution in [1.29, 1.82) is 0 Å². The van der Waals surface area contributed by atoms with E-state index in [9.17, 15) is 9.90 Å². The lowest BCUT2D eigenvalue weighted by Crippen LogP contribution is -2.40. The Labute approximate surface area is 122 Å². The number of carbonyl (C=O) groups excluding carboxylic acids is 1. The number of amides is 2. The summed E-state index contributed by atoms with van der Waals surface area (Å²) >= 11 is 3.37. The summed E-state index contributed by atoms with van der Waals surface area (Å²) < 4.78 is 0.971. The molecule has 0 saturated heterocycles. The Morgan fingerprint density at radius 2 is 2.05 bits per heavy atom. The number of benzene rings is 1. The molecular weight excluding hydrogens is 308 g/mol. The summed E-state index contributed by atoms with van der Waals surface area (Å²) in [5.41, 5.74) is 1.48. The van der Waals surface area contributed by atoms with Crippen LogP contribution in [0.4, 0.5) is 10.5 Å². The number of aryl methyl sites for hydroxylation is 1. The van der Waals surface area contributed by atoms with Crippen LogP contribution < -0.4 is 10.6 Å². The van der Waals surface area contributed by atoms with Crippen molar-refractivity contribution in [2.75, 3.05) is 11.9 Å². The van der Waals surface area contributed by atoms with Gasteiger partial charge in [0.15, 0.2) is 0 Å². The lowest BCUT2D eigenvalue weighted by atomic mass is 9.89. The molecule has 2 amide bonds. The minimum absolute atomic E-state index is 0.227. The van der Waals surface area contributed by atoms with E-state index < -0.39 is 6.10 Å². The van der Waals surface area contributed by atoms with Gasteiger partial charge in [0.05, 0.1) is 6.10 Å². The van der Waals surface area contributed by atoms with Gasteiger partial charge in [0.1, 0.15) is 0 Å². The van der Waals surface area contributed by atoms with Crippen molar-refractivity contribution >= 4 is 27.6 Å². The van der Waals surface area contributed by atoms with E-state index in [0.29, 0.717) is 0 Å². The second-order valence-corrected chi connectivity index (χ2v) is 6.59. The van der Waals surface area contributed by atoms with Crippen molar-refractivity contribution in [3.8, 4) is 0 Å². The fourth-order valence-corrected chi connectivity index (χ4v) is 1.90. The summed E-state index contributed by atoms with van der Waals surface area (Å²) in [5, 5.41) is 15.3. The van der Waals surface area contributed by atoms with E-state index in [1.54, 1.807) is 0 Å². The molecule has 0 aliphatic carbocycles. The molecule has 4 nitrogen and oxygen atoms in total. The summed E-state index contributed by atoms with van der Waals surface area (Å²) in [4.78, 5) is 11.7. The highest BCUT2D eigenvalue weighted by molar-refractivity contribution is 9.10. The third-order valence-electron chi connectivity index (χ3n) is 2.89. The smallest absolute Gasteiger partial charge is 0.319 e. The highest BCUT2D eigenvalue weighted by Gasteiger charge is 2.22. The van der Waals surface area contributed by atoms with Crippen LogP contribution in [0.25, 0.3) is 0 Å². The van der Waals surface area contributed by atoms with Crippen molar-refractivity contribution in [2.45, 2.75) is 33.8 Å². The van der Waals surface area contributed by atoms with E-state index in [-0.39, 0.29) is 18.0 Å². The summed E-state index contributed by atoms with van der Waals surface area (Å²) in [7, 11) is 0. The van der Waals surface area contributed by atoms with E-state index in [1.807, 2.05) is 45.9 Å². The number of anilines is 1. The van der Waals surface area contributed by atoms with Crippen LogP contribution in [-0.2, 0) is 0 Å². The Balaban J connectivity index is 2.52. The first-order valence-electron chi connectivity index (χ1n) is 6.19. The average molecular weight is 329 g/mol. The number of urea groups is 1. The van der Waals surface area contributed by atoms with Crippen LogP contribution in [0.2, 0.25) is 0 Å². The van der Waals surface area contributed by atoms with Crippen LogP contribution in [0.1, 0.15) is 26.3 Å². The largest absolute Gasteiger partial charge is 0.391 e. The first-order valence-corrected chi connectivity index (χ1v) is 6.98. The van der Waals surface area contributed by atoms with E-state index >= 15 is 0 Å². The molecule has 0 heterocycles. The number of nitrogens with one attached hydrogen (secondary N) is 2. The lowest BCUT2D eigenvalue weighted by Gasteiger charge is -2.25. The summed E-state index contributed by atoms with van der Waals surface area (Å²) in [5.74, 6) is 0. The Morgan fingerprint density at radius 1 is 1.42 bits per heavy atom. The first-order chi connectivity index (χ1) is 8.70. The van der Waals surface area contributed by atoms with Crippen LogP contribution in [0.3, 0.4) is 0 Å². The fourth-order valence-electron chi connectivity index (χ4n) is 1.43. The molecule has 1 rings (SSSR count). The van der Waals surface area contributed by atoms with Crippen molar-refractivity contribution < 1.29 is 9.90 Å². The topological polar surface area (TPSA) is 61.4 Å². The quantitative estimate of drug-likeness (QED) is 0.797. The third kappa shape index (κ3) is 5.20. The van der Waals surface area contributed by atoms with Gasteiger partial charge in [-0.15, -0.1) is 0 Å². The maximum Gasteiger partial charge on any atom is 0.319 e. The average Bonchev–Trinajstić information content (AvgIpc) is 2.28. The molecule has 1 unspecified atom stereocenters. The molecule has 0 saturated carbocycles. The monoisotopic (exact) mass is 328 g/mol. The number of aliphatic hydroxyl groups excluding tert-OH is 1. The molecule has 1 atom stereocenters. The predicted octanol–water partition coefficient (Wildman–Crippen LogP) is 3.29. The molecule has 1 aromatic rings. The second-order valence-electron chi connectivity index (χ2n) is 5.68. The molecule has 19 heavy (non-hydrogen) atoms. The van der Waals surface area contributed by atoms with Crippen molar-refractivity contribution in [1.82, 2.24) is 5.32 Å². The van der Waals surface area contributed by atoms with Gasteiger partial charge in [-0.05, 0) is 36.1 Å². The minimum Gasteiger partial charge on any atom is -0.391 e. The Bertz CT molecular complexity index is 455. The van der Waals surface area contributed by atoms with Gasteiger partial charge >= 0.3 is 6.03 Å². The van der Waals surface area contributed by atoms with Crippen molar-refractivity contribution in [2.24, 2.45) is 5.41 Å². The molecule has 1 aromatic carbocycles. The lowest BCUT2D eigenvalue weighted by molar-refractivity contribution is 0.0654. The fraction of sp³-hybridized carbons (Fsp3) is 0.500. The first kappa shape index (κ1) is 16.0. The van der Waals surface area contributed by atoms with Gasteiger partial charge in [0, 0.05) is 16.7 Å². The van der Waals surface area contributed by atoms with E-state index in [0.717, 1.165) is 15.7 Å². The molecule has 0 fully saturated rings. The Kier molecular flexibility index (Phi) is 5.38. The van der Waals surface area contributed by atoms with Crippen LogP contribution in [0, 0.1) is 12.3 Å². The molecule has 3 N–H and O–H groups in total. The van der Waals surface area contributed by atoms with Crippen molar-refractivity contribution in [3.05, 3.63) is 28.2 Å². The molecule has 106 valence electrons. The van der Waals surface area contributed by atoms with Crippen LogP contribution >= 0.6 is 15.9 Å². The number of halogens is 1. The van der Waals surface area contributed by atoms with E-state index in [2.05, 4.69) is 26.6 Å². The molecule has 0 aliphatic rings. The summed E-state index contributed by atoms with van der Waals surface area (Å²) in [6, 6.07) is 5.32. The third-order valence-corrected chi connectivity index (χ3v) is 3.39. The van der Waals surface area contributed by atoms with Gasteiger partial charge in [-0.2, -0.15) is 0 Å². The number of aliphatic hydroxyl groups is 1. The highest BCUT2D eigenvalue weighted by Crippen LogP contribution is 2.20. The minimum atomic E-state index is -0.579.